The highest BCUT2D eigenvalue weighted by atomic mass is 28.4. The third-order valence-electron chi connectivity index (χ3n) is 4.66. The van der Waals surface area contributed by atoms with Crippen LogP contribution < -0.4 is 0 Å². The van der Waals surface area contributed by atoms with Crippen molar-refractivity contribution in [3.8, 4) is 0 Å². The Hall–Kier alpha value is -0.246. The molecule has 24 heavy (non-hydrogen) atoms. The van der Waals surface area contributed by atoms with Gasteiger partial charge in [0.2, 0.25) is 8.32 Å². The molecule has 1 aliphatic rings. The van der Waals surface area contributed by atoms with Crippen LogP contribution in [0.25, 0.3) is 0 Å². The molecular weight excluding hydrogens is 336 g/mol. The van der Waals surface area contributed by atoms with Crippen LogP contribution in [0.4, 0.5) is 0 Å². The molecule has 0 aromatic carbocycles. The van der Waals surface area contributed by atoms with Crippen LogP contribution in [0.15, 0.2) is 22.9 Å². The minimum atomic E-state index is -2.69. The fraction of sp³-hybridized carbons (Fsp3) is 0.778. The zero-order chi connectivity index (χ0) is 18.2. The van der Waals surface area contributed by atoms with E-state index in [0.717, 1.165) is 18.5 Å². The lowest BCUT2D eigenvalue weighted by molar-refractivity contribution is 0.0896. The second kappa shape index (κ2) is 10.0. The molecule has 0 spiro atoms. The summed E-state index contributed by atoms with van der Waals surface area (Å²) in [4.78, 5) is 0. The van der Waals surface area contributed by atoms with Crippen molar-refractivity contribution in [1.29, 1.82) is 0 Å². The van der Waals surface area contributed by atoms with E-state index in [0.29, 0.717) is 25.7 Å². The number of allylic oxidation sites excluding steroid dienone is 4. The first-order chi connectivity index (χ1) is 11.4. The number of hydrogen-bond acceptors (Lipinski definition) is 4. The molecular formula is C18H36O4Si2. The van der Waals surface area contributed by atoms with Gasteiger partial charge in [-0.2, -0.15) is 0 Å². The summed E-state index contributed by atoms with van der Waals surface area (Å²) in [7, 11) is -3.12. The molecule has 1 rings (SSSR count). The molecule has 0 fully saturated rings. The second-order valence-corrected chi connectivity index (χ2v) is 13.8. The lowest BCUT2D eigenvalue weighted by Gasteiger charge is -2.37. The van der Waals surface area contributed by atoms with Crippen molar-refractivity contribution in [2.75, 3.05) is 26.9 Å². The highest BCUT2D eigenvalue weighted by Crippen LogP contribution is 2.35. The van der Waals surface area contributed by atoms with Gasteiger partial charge in [0, 0.05) is 32.6 Å². The Labute approximate surface area is 150 Å². The van der Waals surface area contributed by atoms with E-state index in [1.54, 1.807) is 7.11 Å². The molecule has 0 aromatic heterocycles. The monoisotopic (exact) mass is 372 g/mol. The Morgan fingerprint density at radius 2 is 1.54 bits per heavy atom. The fourth-order valence-corrected chi connectivity index (χ4v) is 12.5. The molecule has 6 heteroatoms. The first kappa shape index (κ1) is 21.8. The summed E-state index contributed by atoms with van der Waals surface area (Å²) < 4.78 is 24.2. The van der Waals surface area contributed by atoms with Gasteiger partial charge >= 0.3 is 8.80 Å². The van der Waals surface area contributed by atoms with Crippen molar-refractivity contribution in [1.82, 2.24) is 0 Å². The van der Waals surface area contributed by atoms with E-state index < -0.39 is 17.1 Å². The molecule has 0 radical (unpaired) electrons. The Morgan fingerprint density at radius 3 is 1.92 bits per heavy atom. The van der Waals surface area contributed by atoms with Gasteiger partial charge in [0.05, 0.1) is 0 Å². The Bertz CT molecular complexity index is 442. The lowest BCUT2D eigenvalue weighted by atomic mass is 9.95. The molecule has 140 valence electrons. The molecule has 0 aromatic rings. The summed E-state index contributed by atoms with van der Waals surface area (Å²) in [5, 5.41) is 1.45. The van der Waals surface area contributed by atoms with Gasteiger partial charge in [-0.15, -0.1) is 0 Å². The summed E-state index contributed by atoms with van der Waals surface area (Å²) in [6.45, 7) is 14.8. The van der Waals surface area contributed by atoms with Crippen LogP contribution in [-0.2, 0) is 17.7 Å². The molecule has 4 nitrogen and oxygen atoms in total. The average molecular weight is 373 g/mol. The maximum Gasteiger partial charge on any atom is 0.500 e. The van der Waals surface area contributed by atoms with Gasteiger partial charge in [-0.25, -0.2) is 0 Å². The minimum Gasteiger partial charge on any atom is -0.413 e. The van der Waals surface area contributed by atoms with Crippen molar-refractivity contribution in [2.24, 2.45) is 5.92 Å². The fourth-order valence-electron chi connectivity index (χ4n) is 3.34. The smallest absolute Gasteiger partial charge is 0.413 e. The zero-order valence-electron chi connectivity index (χ0n) is 16.6. The van der Waals surface area contributed by atoms with E-state index in [2.05, 4.69) is 39.5 Å². The molecule has 1 unspecified atom stereocenters. The highest BCUT2D eigenvalue weighted by molar-refractivity contribution is 6.90. The Kier molecular flexibility index (Phi) is 9.12. The van der Waals surface area contributed by atoms with Crippen molar-refractivity contribution in [3.05, 3.63) is 22.9 Å². The summed E-state index contributed by atoms with van der Waals surface area (Å²) in [6.07, 6.45) is 6.81. The zero-order valence-corrected chi connectivity index (χ0v) is 18.6. The van der Waals surface area contributed by atoms with Crippen LogP contribution in [0.5, 0.6) is 0 Å². The molecule has 0 saturated carbocycles. The largest absolute Gasteiger partial charge is 0.500 e. The van der Waals surface area contributed by atoms with Gasteiger partial charge in [-0.3, -0.25) is 0 Å². The minimum absolute atomic E-state index is 0.604. The van der Waals surface area contributed by atoms with Crippen LogP contribution in [0.3, 0.4) is 0 Å². The van der Waals surface area contributed by atoms with E-state index in [4.69, 9.17) is 17.7 Å². The second-order valence-electron chi connectivity index (χ2n) is 6.68. The van der Waals surface area contributed by atoms with Crippen LogP contribution in [0, 0.1) is 5.92 Å². The van der Waals surface area contributed by atoms with E-state index in [1.807, 2.05) is 13.8 Å². The average Bonchev–Trinajstić information content (AvgIpc) is 2.55. The van der Waals surface area contributed by atoms with Crippen molar-refractivity contribution < 1.29 is 17.7 Å². The summed E-state index contributed by atoms with van der Waals surface area (Å²) in [5.74, 6) is 0.613. The quantitative estimate of drug-likeness (QED) is 0.495. The van der Waals surface area contributed by atoms with Crippen LogP contribution in [-0.4, -0.2) is 44.1 Å². The lowest BCUT2D eigenvalue weighted by Crippen LogP contribution is -2.54. The normalized spacial score (nSPS) is 18.3. The predicted octanol–water partition coefficient (Wildman–Crippen LogP) is 4.64. The topological polar surface area (TPSA) is 36.9 Å². The molecule has 0 amide bonds. The van der Waals surface area contributed by atoms with Crippen molar-refractivity contribution in [2.45, 2.75) is 59.7 Å². The van der Waals surface area contributed by atoms with Crippen molar-refractivity contribution >= 4 is 17.1 Å². The van der Waals surface area contributed by atoms with Gasteiger partial charge in [0.25, 0.3) is 0 Å². The molecule has 0 heterocycles. The van der Waals surface area contributed by atoms with E-state index in [9.17, 15) is 0 Å². The highest BCUT2D eigenvalue weighted by Gasteiger charge is 2.50. The molecule has 0 saturated heterocycles. The maximum absolute atomic E-state index is 6.35. The third kappa shape index (κ3) is 5.64. The van der Waals surface area contributed by atoms with Gasteiger partial charge in [0.1, 0.15) is 0 Å². The molecule has 1 atom stereocenters. The van der Waals surface area contributed by atoms with E-state index in [1.165, 1.54) is 10.8 Å². The summed E-state index contributed by atoms with van der Waals surface area (Å²) in [5.41, 5.74) is 2.30. The van der Waals surface area contributed by atoms with E-state index in [-0.39, 0.29) is 0 Å². The number of hydrogen-bond donors (Lipinski definition) is 0. The Morgan fingerprint density at radius 1 is 0.958 bits per heavy atom. The van der Waals surface area contributed by atoms with Crippen LogP contribution in [0.1, 0.15) is 47.5 Å². The Balaban J connectivity index is 3.10. The SMILES string of the molecule is CCO[Si](C[Si](C)(OCC)C1=CC=C(C(C)C)CC1)(OC)OCC. The van der Waals surface area contributed by atoms with Crippen molar-refractivity contribution in [3.63, 3.8) is 0 Å². The summed E-state index contributed by atoms with van der Waals surface area (Å²) in [6, 6.07) is 0. The molecule has 0 N–H and O–H groups in total. The van der Waals surface area contributed by atoms with Crippen LogP contribution in [0.2, 0.25) is 12.2 Å². The third-order valence-corrected chi connectivity index (χ3v) is 13.9. The molecule has 0 aliphatic heterocycles. The van der Waals surface area contributed by atoms with Gasteiger partial charge < -0.3 is 17.7 Å². The van der Waals surface area contributed by atoms with E-state index >= 15 is 0 Å². The first-order valence-electron chi connectivity index (χ1n) is 9.23. The van der Waals surface area contributed by atoms with Gasteiger partial charge in [-0.05, 0) is 46.1 Å². The maximum atomic E-state index is 6.35. The standard InChI is InChI=1S/C18H36O4Si2/c1-8-20-23(7,15-24(19-6,21-9-2)22-10-3)18-13-11-17(12-14-18)16(4)5/h11,13,16H,8-10,12,14-15H2,1-7H3. The summed E-state index contributed by atoms with van der Waals surface area (Å²) >= 11 is 0. The number of rotatable bonds is 11. The van der Waals surface area contributed by atoms with Gasteiger partial charge in [-0.1, -0.05) is 36.8 Å². The van der Waals surface area contributed by atoms with Gasteiger partial charge in [0.15, 0.2) is 0 Å². The molecule has 0 bridgehead atoms. The molecule has 1 aliphatic carbocycles. The predicted molar refractivity (Wildman–Crippen MR) is 104 cm³/mol. The first-order valence-corrected chi connectivity index (χ1v) is 13.8. The van der Waals surface area contributed by atoms with Crippen LogP contribution >= 0.6 is 0 Å².